The molecule has 0 unspecified atom stereocenters. The summed E-state index contributed by atoms with van der Waals surface area (Å²) in [5, 5.41) is 3.29. The second kappa shape index (κ2) is 6.39. The van der Waals surface area contributed by atoms with E-state index in [1.807, 2.05) is 12.1 Å². The molecular formula is C14H17BrN2OS. The molecule has 2 heterocycles. The van der Waals surface area contributed by atoms with Gasteiger partial charge in [0, 0.05) is 24.0 Å². The SMILES string of the molecule is Br.COc1ccc(-c2csc(N3CCCC3)n2)cc1. The number of methoxy groups -OCH3 is 1. The van der Waals surface area contributed by atoms with Crippen LogP contribution in [0.5, 0.6) is 5.75 Å². The molecule has 0 amide bonds. The zero-order chi connectivity index (χ0) is 12.4. The van der Waals surface area contributed by atoms with E-state index in [4.69, 9.17) is 9.72 Å². The minimum Gasteiger partial charge on any atom is -0.497 e. The fraction of sp³-hybridized carbons (Fsp3) is 0.357. The lowest BCUT2D eigenvalue weighted by atomic mass is 10.2. The number of ether oxygens (including phenoxy) is 1. The van der Waals surface area contributed by atoms with Gasteiger partial charge in [0.05, 0.1) is 12.8 Å². The van der Waals surface area contributed by atoms with E-state index in [2.05, 4.69) is 22.4 Å². The Bertz CT molecular complexity index is 520. The summed E-state index contributed by atoms with van der Waals surface area (Å²) < 4.78 is 5.17. The summed E-state index contributed by atoms with van der Waals surface area (Å²) in [6, 6.07) is 8.07. The quantitative estimate of drug-likeness (QED) is 0.844. The number of thiazole rings is 1. The fourth-order valence-corrected chi connectivity index (χ4v) is 3.10. The largest absolute Gasteiger partial charge is 0.497 e. The van der Waals surface area contributed by atoms with Gasteiger partial charge in [0.2, 0.25) is 0 Å². The smallest absolute Gasteiger partial charge is 0.185 e. The summed E-state index contributed by atoms with van der Waals surface area (Å²) in [5.74, 6) is 0.883. The minimum absolute atomic E-state index is 0. The van der Waals surface area contributed by atoms with Crippen molar-refractivity contribution in [2.75, 3.05) is 25.1 Å². The van der Waals surface area contributed by atoms with E-state index in [1.165, 1.54) is 12.8 Å². The third-order valence-electron chi connectivity index (χ3n) is 3.25. The normalized spacial score (nSPS) is 14.3. The van der Waals surface area contributed by atoms with E-state index in [0.717, 1.165) is 35.2 Å². The first kappa shape index (κ1) is 14.3. The molecule has 5 heteroatoms. The van der Waals surface area contributed by atoms with Gasteiger partial charge in [-0.3, -0.25) is 0 Å². The second-order valence-electron chi connectivity index (χ2n) is 4.44. The topological polar surface area (TPSA) is 25.4 Å². The third kappa shape index (κ3) is 3.09. The number of halogens is 1. The van der Waals surface area contributed by atoms with Gasteiger partial charge in [-0.25, -0.2) is 4.98 Å². The first-order chi connectivity index (χ1) is 8.86. The van der Waals surface area contributed by atoms with Crippen molar-refractivity contribution in [1.29, 1.82) is 0 Å². The fourth-order valence-electron chi connectivity index (χ4n) is 2.21. The molecule has 1 saturated heterocycles. The molecule has 0 saturated carbocycles. The molecule has 0 spiro atoms. The van der Waals surface area contributed by atoms with Crippen LogP contribution in [0.3, 0.4) is 0 Å². The first-order valence-electron chi connectivity index (χ1n) is 6.22. The number of rotatable bonds is 3. The van der Waals surface area contributed by atoms with Crippen molar-refractivity contribution in [3.63, 3.8) is 0 Å². The summed E-state index contributed by atoms with van der Waals surface area (Å²) >= 11 is 1.74. The van der Waals surface area contributed by atoms with Gasteiger partial charge in [-0.1, -0.05) is 0 Å². The Labute approximate surface area is 128 Å². The number of hydrogen-bond donors (Lipinski definition) is 0. The van der Waals surface area contributed by atoms with Crippen molar-refractivity contribution in [2.24, 2.45) is 0 Å². The Hall–Kier alpha value is -1.07. The lowest BCUT2D eigenvalue weighted by molar-refractivity contribution is 0.415. The molecule has 0 radical (unpaired) electrons. The molecule has 1 aromatic carbocycles. The molecule has 0 aliphatic carbocycles. The molecule has 0 bridgehead atoms. The highest BCUT2D eigenvalue weighted by atomic mass is 79.9. The van der Waals surface area contributed by atoms with Gasteiger partial charge in [0.15, 0.2) is 5.13 Å². The van der Waals surface area contributed by atoms with Gasteiger partial charge in [0.25, 0.3) is 0 Å². The average molecular weight is 341 g/mol. The predicted octanol–water partition coefficient (Wildman–Crippen LogP) is 4.00. The van der Waals surface area contributed by atoms with Crippen LogP contribution >= 0.6 is 28.3 Å². The van der Waals surface area contributed by atoms with Crippen LogP contribution in [-0.4, -0.2) is 25.2 Å². The van der Waals surface area contributed by atoms with Gasteiger partial charge in [0.1, 0.15) is 5.75 Å². The van der Waals surface area contributed by atoms with Crippen LogP contribution < -0.4 is 9.64 Å². The van der Waals surface area contributed by atoms with Crippen molar-refractivity contribution in [3.8, 4) is 17.0 Å². The number of nitrogens with zero attached hydrogens (tertiary/aromatic N) is 2. The molecule has 1 aliphatic heterocycles. The Kier molecular flexibility index (Phi) is 4.82. The molecule has 1 aliphatic rings. The van der Waals surface area contributed by atoms with Crippen molar-refractivity contribution in [2.45, 2.75) is 12.8 Å². The molecular weight excluding hydrogens is 324 g/mol. The Morgan fingerprint density at radius 1 is 1.16 bits per heavy atom. The zero-order valence-corrected chi connectivity index (χ0v) is 13.4. The molecule has 1 aromatic heterocycles. The number of benzene rings is 1. The van der Waals surface area contributed by atoms with Gasteiger partial charge >= 0.3 is 0 Å². The summed E-state index contributed by atoms with van der Waals surface area (Å²) in [5.41, 5.74) is 2.21. The molecule has 102 valence electrons. The predicted molar refractivity (Wildman–Crippen MR) is 85.9 cm³/mol. The number of hydrogen-bond acceptors (Lipinski definition) is 4. The van der Waals surface area contributed by atoms with Crippen molar-refractivity contribution in [3.05, 3.63) is 29.6 Å². The van der Waals surface area contributed by atoms with E-state index in [0.29, 0.717) is 0 Å². The molecule has 1 fully saturated rings. The van der Waals surface area contributed by atoms with Crippen LogP contribution in [0.2, 0.25) is 0 Å². The van der Waals surface area contributed by atoms with Gasteiger partial charge < -0.3 is 9.64 Å². The molecule has 19 heavy (non-hydrogen) atoms. The Morgan fingerprint density at radius 3 is 2.47 bits per heavy atom. The maximum atomic E-state index is 5.17. The van der Waals surface area contributed by atoms with E-state index in [9.17, 15) is 0 Å². The van der Waals surface area contributed by atoms with Crippen LogP contribution in [0.4, 0.5) is 5.13 Å². The average Bonchev–Trinajstić information content (AvgIpc) is 3.09. The van der Waals surface area contributed by atoms with Crippen LogP contribution in [0.25, 0.3) is 11.3 Å². The highest BCUT2D eigenvalue weighted by molar-refractivity contribution is 8.93. The number of aromatic nitrogens is 1. The first-order valence-corrected chi connectivity index (χ1v) is 7.10. The van der Waals surface area contributed by atoms with Gasteiger partial charge in [-0.2, -0.15) is 0 Å². The van der Waals surface area contributed by atoms with Gasteiger partial charge in [-0.15, -0.1) is 28.3 Å². The summed E-state index contributed by atoms with van der Waals surface area (Å²) in [7, 11) is 1.68. The van der Waals surface area contributed by atoms with E-state index < -0.39 is 0 Å². The monoisotopic (exact) mass is 340 g/mol. The highest BCUT2D eigenvalue weighted by Gasteiger charge is 2.15. The Balaban J connectivity index is 0.00000133. The standard InChI is InChI=1S/C14H16N2OS.BrH/c1-17-12-6-4-11(5-7-12)13-10-18-14(15-13)16-8-2-3-9-16;/h4-7,10H,2-3,8-9H2,1H3;1H. The van der Waals surface area contributed by atoms with E-state index >= 15 is 0 Å². The number of anilines is 1. The summed E-state index contributed by atoms with van der Waals surface area (Å²) in [4.78, 5) is 7.09. The van der Waals surface area contributed by atoms with E-state index in [-0.39, 0.29) is 17.0 Å². The zero-order valence-electron chi connectivity index (χ0n) is 10.8. The van der Waals surface area contributed by atoms with Crippen molar-refractivity contribution in [1.82, 2.24) is 4.98 Å². The highest BCUT2D eigenvalue weighted by Crippen LogP contribution is 2.30. The second-order valence-corrected chi connectivity index (χ2v) is 5.27. The molecule has 0 atom stereocenters. The minimum atomic E-state index is 0. The van der Waals surface area contributed by atoms with Crippen molar-refractivity contribution >= 4 is 33.4 Å². The molecule has 0 N–H and O–H groups in total. The van der Waals surface area contributed by atoms with Crippen LogP contribution in [0.1, 0.15) is 12.8 Å². The molecule has 2 aromatic rings. The summed E-state index contributed by atoms with van der Waals surface area (Å²) in [6.07, 6.45) is 2.58. The van der Waals surface area contributed by atoms with Crippen LogP contribution in [0, 0.1) is 0 Å². The maximum Gasteiger partial charge on any atom is 0.185 e. The van der Waals surface area contributed by atoms with Crippen molar-refractivity contribution < 1.29 is 4.74 Å². The van der Waals surface area contributed by atoms with Gasteiger partial charge in [-0.05, 0) is 37.1 Å². The van der Waals surface area contributed by atoms with Crippen LogP contribution in [-0.2, 0) is 0 Å². The third-order valence-corrected chi connectivity index (χ3v) is 4.16. The Morgan fingerprint density at radius 2 is 1.84 bits per heavy atom. The maximum absolute atomic E-state index is 5.17. The molecule has 3 nitrogen and oxygen atoms in total. The summed E-state index contributed by atoms with van der Waals surface area (Å²) in [6.45, 7) is 2.30. The lowest BCUT2D eigenvalue weighted by Crippen LogP contribution is -2.17. The van der Waals surface area contributed by atoms with Crippen LogP contribution in [0.15, 0.2) is 29.6 Å². The lowest BCUT2D eigenvalue weighted by Gasteiger charge is -2.12. The van der Waals surface area contributed by atoms with E-state index in [1.54, 1.807) is 18.4 Å². The molecule has 3 rings (SSSR count).